The van der Waals surface area contributed by atoms with Gasteiger partial charge < -0.3 is 14.4 Å². The third kappa shape index (κ3) is 4.10. The van der Waals surface area contributed by atoms with Crippen LogP contribution in [0.1, 0.15) is 32.6 Å². The van der Waals surface area contributed by atoms with Crippen molar-refractivity contribution in [2.75, 3.05) is 33.9 Å². The van der Waals surface area contributed by atoms with E-state index in [2.05, 4.69) is 16.6 Å². The molecule has 0 aromatic rings. The Balaban J connectivity index is 2.24. The van der Waals surface area contributed by atoms with Gasteiger partial charge >= 0.3 is 5.97 Å². The molecule has 1 rings (SSSR count). The number of carbonyl (C=O) groups excluding carboxylic acids is 1. The predicted molar refractivity (Wildman–Crippen MR) is 62.3 cm³/mol. The molecule has 1 atom stereocenters. The van der Waals surface area contributed by atoms with Crippen molar-refractivity contribution in [3.05, 3.63) is 0 Å². The zero-order valence-corrected chi connectivity index (χ0v) is 10.6. The molecule has 0 aromatic carbocycles. The summed E-state index contributed by atoms with van der Waals surface area (Å²) in [5.41, 5.74) is -0.0104. The SMILES string of the molecule is COC(=O)CCCN1CCC[C@@](C)(OC)C1. The van der Waals surface area contributed by atoms with E-state index in [9.17, 15) is 4.79 Å². The highest BCUT2D eigenvalue weighted by molar-refractivity contribution is 5.69. The normalized spacial score (nSPS) is 26.7. The fourth-order valence-electron chi connectivity index (χ4n) is 2.21. The molecule has 1 fully saturated rings. The fraction of sp³-hybridized carbons (Fsp3) is 0.917. The van der Waals surface area contributed by atoms with Crippen molar-refractivity contribution < 1.29 is 14.3 Å². The van der Waals surface area contributed by atoms with Crippen molar-refractivity contribution in [2.45, 2.75) is 38.2 Å². The number of piperidine rings is 1. The molecule has 1 heterocycles. The molecule has 0 radical (unpaired) electrons. The minimum Gasteiger partial charge on any atom is -0.469 e. The van der Waals surface area contributed by atoms with E-state index in [1.807, 2.05) is 0 Å². The predicted octanol–water partition coefficient (Wildman–Crippen LogP) is 1.44. The summed E-state index contributed by atoms with van der Waals surface area (Å²) in [5.74, 6) is -0.119. The molecule has 4 nitrogen and oxygen atoms in total. The van der Waals surface area contributed by atoms with Crippen molar-refractivity contribution in [3.8, 4) is 0 Å². The topological polar surface area (TPSA) is 38.8 Å². The zero-order chi connectivity index (χ0) is 12.0. The van der Waals surface area contributed by atoms with Gasteiger partial charge in [-0.15, -0.1) is 0 Å². The molecule has 0 bridgehead atoms. The lowest BCUT2D eigenvalue weighted by Crippen LogP contribution is -2.47. The minimum absolute atomic E-state index is 0.0104. The van der Waals surface area contributed by atoms with Crippen LogP contribution in [0.15, 0.2) is 0 Å². The maximum Gasteiger partial charge on any atom is 0.305 e. The Bertz CT molecular complexity index is 232. The lowest BCUT2D eigenvalue weighted by molar-refractivity contribution is -0.140. The molecule has 1 saturated heterocycles. The number of ether oxygens (including phenoxy) is 2. The second-order valence-electron chi connectivity index (χ2n) is 4.71. The first-order valence-corrected chi connectivity index (χ1v) is 5.94. The molecule has 0 spiro atoms. The Labute approximate surface area is 97.9 Å². The summed E-state index contributed by atoms with van der Waals surface area (Å²) in [4.78, 5) is 13.3. The Morgan fingerprint density at radius 2 is 2.19 bits per heavy atom. The maximum absolute atomic E-state index is 11.0. The minimum atomic E-state index is -0.119. The monoisotopic (exact) mass is 229 g/mol. The van der Waals surface area contributed by atoms with Gasteiger partial charge in [0, 0.05) is 20.1 Å². The van der Waals surface area contributed by atoms with Gasteiger partial charge in [0.2, 0.25) is 0 Å². The first-order chi connectivity index (χ1) is 7.59. The molecule has 0 N–H and O–H groups in total. The van der Waals surface area contributed by atoms with Crippen molar-refractivity contribution >= 4 is 5.97 Å². The van der Waals surface area contributed by atoms with Gasteiger partial charge in [-0.3, -0.25) is 4.79 Å². The van der Waals surface area contributed by atoms with Crippen LogP contribution in [0, 0.1) is 0 Å². The van der Waals surface area contributed by atoms with Gasteiger partial charge in [-0.1, -0.05) is 0 Å². The van der Waals surface area contributed by atoms with Crippen LogP contribution in [0.25, 0.3) is 0 Å². The molecule has 1 aliphatic heterocycles. The van der Waals surface area contributed by atoms with Gasteiger partial charge in [-0.2, -0.15) is 0 Å². The number of hydrogen-bond donors (Lipinski definition) is 0. The zero-order valence-electron chi connectivity index (χ0n) is 10.6. The van der Waals surface area contributed by atoms with Gasteiger partial charge in [-0.05, 0) is 39.3 Å². The Morgan fingerprint density at radius 1 is 1.44 bits per heavy atom. The van der Waals surface area contributed by atoms with E-state index in [1.54, 1.807) is 7.11 Å². The highest BCUT2D eigenvalue weighted by Crippen LogP contribution is 2.23. The van der Waals surface area contributed by atoms with Crippen LogP contribution in [0.2, 0.25) is 0 Å². The van der Waals surface area contributed by atoms with Crippen LogP contribution in [0.4, 0.5) is 0 Å². The average molecular weight is 229 g/mol. The van der Waals surface area contributed by atoms with Crippen molar-refractivity contribution in [2.24, 2.45) is 0 Å². The summed E-state index contributed by atoms with van der Waals surface area (Å²) in [5, 5.41) is 0. The highest BCUT2D eigenvalue weighted by Gasteiger charge is 2.30. The van der Waals surface area contributed by atoms with Crippen molar-refractivity contribution in [1.82, 2.24) is 4.90 Å². The summed E-state index contributed by atoms with van der Waals surface area (Å²) in [6.45, 7) is 5.18. The Kier molecular flexibility index (Phi) is 5.22. The van der Waals surface area contributed by atoms with Crippen LogP contribution in [-0.2, 0) is 14.3 Å². The molecule has 0 amide bonds. The van der Waals surface area contributed by atoms with E-state index in [1.165, 1.54) is 13.5 Å². The molecule has 0 unspecified atom stereocenters. The van der Waals surface area contributed by atoms with E-state index in [0.29, 0.717) is 6.42 Å². The largest absolute Gasteiger partial charge is 0.469 e. The number of methoxy groups -OCH3 is 2. The third-order valence-corrected chi connectivity index (χ3v) is 3.31. The summed E-state index contributed by atoms with van der Waals surface area (Å²) in [7, 11) is 3.21. The lowest BCUT2D eigenvalue weighted by Gasteiger charge is -2.39. The van der Waals surface area contributed by atoms with Crippen LogP contribution in [0.5, 0.6) is 0 Å². The lowest BCUT2D eigenvalue weighted by atomic mass is 9.94. The first-order valence-electron chi connectivity index (χ1n) is 5.94. The second kappa shape index (κ2) is 6.21. The van der Waals surface area contributed by atoms with Crippen LogP contribution >= 0.6 is 0 Å². The smallest absolute Gasteiger partial charge is 0.305 e. The number of likely N-dealkylation sites (tertiary alicyclic amines) is 1. The molecule has 4 heteroatoms. The van der Waals surface area contributed by atoms with Crippen molar-refractivity contribution in [3.63, 3.8) is 0 Å². The molecular formula is C12H23NO3. The number of esters is 1. The number of nitrogens with zero attached hydrogens (tertiary/aromatic N) is 1. The van der Waals surface area contributed by atoms with E-state index in [0.717, 1.165) is 32.5 Å². The molecule has 0 aliphatic carbocycles. The Morgan fingerprint density at radius 3 is 2.81 bits per heavy atom. The quantitative estimate of drug-likeness (QED) is 0.669. The number of carbonyl (C=O) groups is 1. The van der Waals surface area contributed by atoms with E-state index in [-0.39, 0.29) is 11.6 Å². The van der Waals surface area contributed by atoms with Gasteiger partial charge in [0.25, 0.3) is 0 Å². The Hall–Kier alpha value is -0.610. The molecule has 0 saturated carbocycles. The summed E-state index contributed by atoms with van der Waals surface area (Å²) >= 11 is 0. The van der Waals surface area contributed by atoms with E-state index >= 15 is 0 Å². The van der Waals surface area contributed by atoms with Crippen LogP contribution in [-0.4, -0.2) is 50.3 Å². The summed E-state index contributed by atoms with van der Waals surface area (Å²) in [6, 6.07) is 0. The third-order valence-electron chi connectivity index (χ3n) is 3.31. The standard InChI is InChI=1S/C12H23NO3/c1-12(16-3)7-5-9-13(10-12)8-4-6-11(14)15-2/h4-10H2,1-3H3/t12-/m1/s1. The highest BCUT2D eigenvalue weighted by atomic mass is 16.5. The average Bonchev–Trinajstić information content (AvgIpc) is 2.29. The maximum atomic E-state index is 11.0. The molecular weight excluding hydrogens is 206 g/mol. The van der Waals surface area contributed by atoms with E-state index in [4.69, 9.17) is 4.74 Å². The van der Waals surface area contributed by atoms with Crippen LogP contribution < -0.4 is 0 Å². The number of rotatable bonds is 5. The molecule has 0 aromatic heterocycles. The first kappa shape index (κ1) is 13.5. The summed E-state index contributed by atoms with van der Waals surface area (Å²) in [6.07, 6.45) is 3.67. The van der Waals surface area contributed by atoms with Gasteiger partial charge in [0.15, 0.2) is 0 Å². The molecule has 94 valence electrons. The molecule has 16 heavy (non-hydrogen) atoms. The van der Waals surface area contributed by atoms with Gasteiger partial charge in [-0.25, -0.2) is 0 Å². The van der Waals surface area contributed by atoms with Gasteiger partial charge in [0.05, 0.1) is 12.7 Å². The van der Waals surface area contributed by atoms with Crippen LogP contribution in [0.3, 0.4) is 0 Å². The van der Waals surface area contributed by atoms with Crippen molar-refractivity contribution in [1.29, 1.82) is 0 Å². The fourth-order valence-corrected chi connectivity index (χ4v) is 2.21. The van der Waals surface area contributed by atoms with Gasteiger partial charge in [0.1, 0.15) is 0 Å². The number of hydrogen-bond acceptors (Lipinski definition) is 4. The summed E-state index contributed by atoms with van der Waals surface area (Å²) < 4.78 is 10.1. The molecule has 1 aliphatic rings. The second-order valence-corrected chi connectivity index (χ2v) is 4.71. The van der Waals surface area contributed by atoms with E-state index < -0.39 is 0 Å².